The second-order valence-corrected chi connectivity index (χ2v) is 4.10. The molecule has 1 aromatic rings. The molecule has 1 amide bonds. The molecule has 0 aromatic heterocycles. The topological polar surface area (TPSA) is 81.4 Å². The van der Waals surface area contributed by atoms with Gasteiger partial charge in [0.25, 0.3) is 0 Å². The van der Waals surface area contributed by atoms with Crippen LogP contribution in [0.3, 0.4) is 0 Å². The number of hydrogen-bond acceptors (Lipinski definition) is 4. The summed E-state index contributed by atoms with van der Waals surface area (Å²) in [5, 5.41) is 2.53. The van der Waals surface area contributed by atoms with E-state index in [0.29, 0.717) is 6.42 Å². The fraction of sp³-hybridized carbons (Fsp3) is 0.385. The summed E-state index contributed by atoms with van der Waals surface area (Å²) in [4.78, 5) is 23.2. The van der Waals surface area contributed by atoms with Gasteiger partial charge in [0.2, 0.25) is 5.91 Å². The second kappa shape index (κ2) is 6.84. The van der Waals surface area contributed by atoms with E-state index in [2.05, 4.69) is 10.1 Å². The van der Waals surface area contributed by atoms with E-state index >= 15 is 0 Å². The Labute approximate surface area is 110 Å². The Hall–Kier alpha value is -1.95. The average Bonchev–Trinajstić information content (AvgIpc) is 2.39. The second-order valence-electron chi connectivity index (χ2n) is 4.10. The summed E-state index contributed by atoms with van der Waals surface area (Å²) in [5.74, 6) is -1.62. The highest BCUT2D eigenvalue weighted by molar-refractivity contribution is 6.01. The number of ether oxygens (including phenoxy) is 1. The van der Waals surface area contributed by atoms with Crippen LogP contribution in [0.4, 0.5) is 10.1 Å². The lowest BCUT2D eigenvalue weighted by atomic mass is 10.1. The maximum atomic E-state index is 13.1. The Morgan fingerprint density at radius 1 is 1.47 bits per heavy atom. The quantitative estimate of drug-likeness (QED) is 0.796. The molecule has 6 heteroatoms. The number of nitrogens with two attached hydrogens (primary N) is 1. The highest BCUT2D eigenvalue weighted by Crippen LogP contribution is 2.18. The van der Waals surface area contributed by atoms with Gasteiger partial charge in [0.1, 0.15) is 5.82 Å². The third-order valence-corrected chi connectivity index (χ3v) is 2.63. The Bertz CT molecular complexity index is 477. The zero-order valence-corrected chi connectivity index (χ0v) is 10.9. The van der Waals surface area contributed by atoms with Crippen molar-refractivity contribution in [1.29, 1.82) is 0 Å². The van der Waals surface area contributed by atoms with Crippen LogP contribution in [0.25, 0.3) is 0 Å². The van der Waals surface area contributed by atoms with Crippen molar-refractivity contribution in [2.24, 2.45) is 5.73 Å². The molecule has 0 aliphatic heterocycles. The molecule has 0 aliphatic carbocycles. The Morgan fingerprint density at radius 3 is 2.74 bits per heavy atom. The minimum atomic E-state index is -0.713. The zero-order chi connectivity index (χ0) is 14.4. The van der Waals surface area contributed by atoms with Gasteiger partial charge in [-0.05, 0) is 24.6 Å². The molecule has 1 unspecified atom stereocenters. The third kappa shape index (κ3) is 4.33. The lowest BCUT2D eigenvalue weighted by molar-refractivity contribution is -0.116. The first-order valence-corrected chi connectivity index (χ1v) is 5.91. The number of methoxy groups -OCH3 is 1. The number of nitrogens with one attached hydrogen (secondary N) is 1. The number of anilines is 1. The maximum Gasteiger partial charge on any atom is 0.340 e. The van der Waals surface area contributed by atoms with E-state index in [4.69, 9.17) is 5.73 Å². The van der Waals surface area contributed by atoms with Crippen LogP contribution in [0.2, 0.25) is 0 Å². The van der Waals surface area contributed by atoms with Gasteiger partial charge >= 0.3 is 5.97 Å². The van der Waals surface area contributed by atoms with Crippen LogP contribution in [-0.2, 0) is 9.53 Å². The van der Waals surface area contributed by atoms with Crippen molar-refractivity contribution < 1.29 is 18.7 Å². The lowest BCUT2D eigenvalue weighted by Crippen LogP contribution is -2.26. The highest BCUT2D eigenvalue weighted by atomic mass is 19.1. The molecule has 0 radical (unpaired) electrons. The van der Waals surface area contributed by atoms with Crippen molar-refractivity contribution in [3.05, 3.63) is 29.6 Å². The first-order valence-electron chi connectivity index (χ1n) is 5.91. The lowest BCUT2D eigenvalue weighted by Gasteiger charge is -2.12. The first kappa shape index (κ1) is 15.1. The van der Waals surface area contributed by atoms with Crippen molar-refractivity contribution >= 4 is 17.6 Å². The Kier molecular flexibility index (Phi) is 5.44. The average molecular weight is 268 g/mol. The van der Waals surface area contributed by atoms with E-state index < -0.39 is 11.8 Å². The molecule has 5 nitrogen and oxygen atoms in total. The van der Waals surface area contributed by atoms with Crippen LogP contribution in [0.5, 0.6) is 0 Å². The molecule has 104 valence electrons. The van der Waals surface area contributed by atoms with Crippen LogP contribution in [0.1, 0.15) is 30.1 Å². The van der Waals surface area contributed by atoms with Crippen LogP contribution in [0.15, 0.2) is 18.2 Å². The molecule has 0 fully saturated rings. The summed E-state index contributed by atoms with van der Waals surface area (Å²) in [6.45, 7) is 1.87. The van der Waals surface area contributed by atoms with Gasteiger partial charge in [0.15, 0.2) is 0 Å². The van der Waals surface area contributed by atoms with Crippen LogP contribution in [0, 0.1) is 5.82 Å². The maximum absolute atomic E-state index is 13.1. The number of esters is 1. The van der Waals surface area contributed by atoms with E-state index in [1.807, 2.05) is 6.92 Å². The molecule has 0 spiro atoms. The minimum Gasteiger partial charge on any atom is -0.465 e. The highest BCUT2D eigenvalue weighted by Gasteiger charge is 2.16. The molecule has 0 aliphatic rings. The predicted molar refractivity (Wildman–Crippen MR) is 69.3 cm³/mol. The van der Waals surface area contributed by atoms with Gasteiger partial charge in [0.05, 0.1) is 18.4 Å². The van der Waals surface area contributed by atoms with Crippen molar-refractivity contribution in [2.45, 2.75) is 25.8 Å². The van der Waals surface area contributed by atoms with Gasteiger partial charge in [-0.2, -0.15) is 0 Å². The molecule has 1 aromatic carbocycles. The number of carbonyl (C=O) groups excluding carboxylic acids is 2. The molecule has 19 heavy (non-hydrogen) atoms. The van der Waals surface area contributed by atoms with Gasteiger partial charge in [-0.3, -0.25) is 4.79 Å². The summed E-state index contributed by atoms with van der Waals surface area (Å²) < 4.78 is 17.6. The normalized spacial score (nSPS) is 11.8. The van der Waals surface area contributed by atoms with E-state index in [-0.39, 0.29) is 29.6 Å². The van der Waals surface area contributed by atoms with Gasteiger partial charge < -0.3 is 15.8 Å². The number of halogens is 1. The monoisotopic (exact) mass is 268 g/mol. The van der Waals surface area contributed by atoms with Crippen LogP contribution in [-0.4, -0.2) is 25.0 Å². The van der Waals surface area contributed by atoms with Crippen LogP contribution >= 0.6 is 0 Å². The number of amides is 1. The predicted octanol–water partition coefficient (Wildman–Crippen LogP) is 1.68. The summed E-state index contributed by atoms with van der Waals surface area (Å²) in [7, 11) is 1.19. The van der Waals surface area contributed by atoms with Gasteiger partial charge in [-0.15, -0.1) is 0 Å². The molecule has 0 saturated carbocycles. The van der Waals surface area contributed by atoms with Gasteiger partial charge in [-0.25, -0.2) is 9.18 Å². The molecule has 0 bridgehead atoms. The largest absolute Gasteiger partial charge is 0.465 e. The van der Waals surface area contributed by atoms with E-state index in [0.717, 1.165) is 12.1 Å². The number of rotatable bonds is 5. The van der Waals surface area contributed by atoms with Crippen molar-refractivity contribution in [1.82, 2.24) is 0 Å². The molecule has 1 atom stereocenters. The smallest absolute Gasteiger partial charge is 0.340 e. The molecular formula is C13H17FN2O3. The fourth-order valence-corrected chi connectivity index (χ4v) is 1.49. The number of carbonyl (C=O) groups is 2. The zero-order valence-electron chi connectivity index (χ0n) is 10.9. The number of benzene rings is 1. The SMILES string of the molecule is CCC(N)CC(=O)Nc1ccc(F)cc1C(=O)OC. The minimum absolute atomic E-state index is 0.0269. The van der Waals surface area contributed by atoms with Gasteiger partial charge in [-0.1, -0.05) is 6.92 Å². The fourth-order valence-electron chi connectivity index (χ4n) is 1.49. The summed E-state index contributed by atoms with van der Waals surface area (Å²) in [6, 6.07) is 3.24. The van der Waals surface area contributed by atoms with Crippen molar-refractivity contribution in [3.8, 4) is 0 Å². The first-order chi connectivity index (χ1) is 8.97. The summed E-state index contributed by atoms with van der Waals surface area (Å²) in [6.07, 6.45) is 0.801. The molecule has 3 N–H and O–H groups in total. The molecule has 1 rings (SSSR count). The van der Waals surface area contributed by atoms with Crippen molar-refractivity contribution in [3.63, 3.8) is 0 Å². The van der Waals surface area contributed by atoms with Crippen LogP contribution < -0.4 is 11.1 Å². The summed E-state index contributed by atoms with van der Waals surface area (Å²) in [5.41, 5.74) is 5.85. The summed E-state index contributed by atoms with van der Waals surface area (Å²) >= 11 is 0. The van der Waals surface area contributed by atoms with E-state index in [1.54, 1.807) is 0 Å². The number of hydrogen-bond donors (Lipinski definition) is 2. The molecule has 0 saturated heterocycles. The third-order valence-electron chi connectivity index (χ3n) is 2.63. The van der Waals surface area contributed by atoms with Crippen molar-refractivity contribution in [2.75, 3.05) is 12.4 Å². The molecular weight excluding hydrogens is 251 g/mol. The Morgan fingerprint density at radius 2 is 2.16 bits per heavy atom. The Balaban J connectivity index is 2.88. The molecule has 0 heterocycles. The van der Waals surface area contributed by atoms with E-state index in [9.17, 15) is 14.0 Å². The standard InChI is InChI=1S/C13H17FN2O3/c1-3-9(15)7-12(17)16-11-5-4-8(14)6-10(11)13(18)19-2/h4-6,9H,3,7,15H2,1-2H3,(H,16,17). The van der Waals surface area contributed by atoms with Gasteiger partial charge in [0, 0.05) is 12.5 Å². The van der Waals surface area contributed by atoms with E-state index in [1.165, 1.54) is 13.2 Å².